The van der Waals surface area contributed by atoms with Gasteiger partial charge in [-0.1, -0.05) is 12.1 Å². The summed E-state index contributed by atoms with van der Waals surface area (Å²) in [5.74, 6) is 1.20. The Morgan fingerprint density at radius 1 is 1.35 bits per heavy atom. The molecular formula is C12H17FN2OS. The zero-order valence-corrected chi connectivity index (χ0v) is 10.5. The molecule has 1 heterocycles. The summed E-state index contributed by atoms with van der Waals surface area (Å²) >= 11 is 0. The second kappa shape index (κ2) is 5.71. The summed E-state index contributed by atoms with van der Waals surface area (Å²) in [6.07, 6.45) is 0. The number of nitrogens with zero attached hydrogens (tertiary/aromatic N) is 1. The normalized spacial score (nSPS) is 18.5. The highest BCUT2D eigenvalue weighted by molar-refractivity contribution is 7.85. The quantitative estimate of drug-likeness (QED) is 0.872. The summed E-state index contributed by atoms with van der Waals surface area (Å²) in [5, 5.41) is 0. The first-order valence-corrected chi connectivity index (χ1v) is 7.22. The second-order valence-corrected chi connectivity index (χ2v) is 5.95. The van der Waals surface area contributed by atoms with Crippen LogP contribution in [-0.2, 0) is 23.9 Å². The molecule has 0 unspecified atom stereocenters. The second-order valence-electron chi connectivity index (χ2n) is 4.25. The highest BCUT2D eigenvalue weighted by Crippen LogP contribution is 2.14. The van der Waals surface area contributed by atoms with Gasteiger partial charge in [0.2, 0.25) is 0 Å². The maximum absolute atomic E-state index is 13.6. The molecule has 1 aromatic carbocycles. The number of rotatable bonds is 3. The molecule has 3 nitrogen and oxygen atoms in total. The van der Waals surface area contributed by atoms with Crippen molar-refractivity contribution < 1.29 is 8.60 Å². The van der Waals surface area contributed by atoms with Gasteiger partial charge in [0.15, 0.2) is 0 Å². The van der Waals surface area contributed by atoms with Crippen LogP contribution in [0.3, 0.4) is 0 Å². The van der Waals surface area contributed by atoms with E-state index in [0.29, 0.717) is 30.2 Å². The Labute approximate surface area is 103 Å². The third kappa shape index (κ3) is 3.34. The molecular weight excluding hydrogens is 239 g/mol. The van der Waals surface area contributed by atoms with Crippen molar-refractivity contribution in [2.75, 3.05) is 24.6 Å². The third-order valence-corrected chi connectivity index (χ3v) is 4.29. The maximum atomic E-state index is 13.6. The Kier molecular flexibility index (Phi) is 4.25. The van der Waals surface area contributed by atoms with Gasteiger partial charge in [-0.2, -0.15) is 0 Å². The molecule has 17 heavy (non-hydrogen) atoms. The lowest BCUT2D eigenvalue weighted by molar-refractivity contribution is 0.287. The Morgan fingerprint density at radius 2 is 2.06 bits per heavy atom. The SMILES string of the molecule is NCc1ccc(F)c(CN2CCS(=O)CC2)c1. The lowest BCUT2D eigenvalue weighted by Gasteiger charge is -2.26. The molecule has 1 aliphatic heterocycles. The molecule has 1 aliphatic rings. The van der Waals surface area contributed by atoms with Crippen LogP contribution in [0.1, 0.15) is 11.1 Å². The molecule has 94 valence electrons. The molecule has 5 heteroatoms. The van der Waals surface area contributed by atoms with E-state index in [9.17, 15) is 8.60 Å². The molecule has 0 amide bonds. The summed E-state index contributed by atoms with van der Waals surface area (Å²) in [7, 11) is -0.686. The minimum absolute atomic E-state index is 0.186. The zero-order valence-electron chi connectivity index (χ0n) is 9.69. The third-order valence-electron chi connectivity index (χ3n) is 3.01. The Morgan fingerprint density at radius 3 is 2.71 bits per heavy atom. The molecule has 2 N–H and O–H groups in total. The molecule has 0 bridgehead atoms. The largest absolute Gasteiger partial charge is 0.326 e. The van der Waals surface area contributed by atoms with Crippen LogP contribution in [0.25, 0.3) is 0 Å². The van der Waals surface area contributed by atoms with Gasteiger partial charge in [-0.25, -0.2) is 4.39 Å². The van der Waals surface area contributed by atoms with Crippen LogP contribution in [0.15, 0.2) is 18.2 Å². The maximum Gasteiger partial charge on any atom is 0.127 e. The van der Waals surface area contributed by atoms with Crippen LogP contribution in [0, 0.1) is 5.82 Å². The Hall–Kier alpha value is -0.780. The highest BCUT2D eigenvalue weighted by atomic mass is 32.2. The number of hydrogen-bond acceptors (Lipinski definition) is 3. The molecule has 0 aliphatic carbocycles. The fourth-order valence-electron chi connectivity index (χ4n) is 1.95. The smallest absolute Gasteiger partial charge is 0.127 e. The summed E-state index contributed by atoms with van der Waals surface area (Å²) in [6.45, 7) is 2.56. The Balaban J connectivity index is 2.04. The minimum Gasteiger partial charge on any atom is -0.326 e. The van der Waals surface area contributed by atoms with E-state index in [1.54, 1.807) is 6.07 Å². The van der Waals surface area contributed by atoms with Gasteiger partial charge in [0.05, 0.1) is 0 Å². The molecule has 0 atom stereocenters. The van der Waals surface area contributed by atoms with Gasteiger partial charge in [0, 0.05) is 54.0 Å². The van der Waals surface area contributed by atoms with Gasteiger partial charge in [-0.15, -0.1) is 0 Å². The van der Waals surface area contributed by atoms with E-state index in [2.05, 4.69) is 4.90 Å². The van der Waals surface area contributed by atoms with Crippen molar-refractivity contribution in [2.45, 2.75) is 13.1 Å². The topological polar surface area (TPSA) is 46.3 Å². The van der Waals surface area contributed by atoms with Crippen LogP contribution in [-0.4, -0.2) is 33.7 Å². The van der Waals surface area contributed by atoms with Gasteiger partial charge in [-0.3, -0.25) is 9.11 Å². The van der Waals surface area contributed by atoms with Gasteiger partial charge in [-0.05, 0) is 11.6 Å². The Bertz CT molecular complexity index is 415. The molecule has 2 rings (SSSR count). The van der Waals surface area contributed by atoms with Crippen LogP contribution >= 0.6 is 0 Å². The predicted molar refractivity (Wildman–Crippen MR) is 67.4 cm³/mol. The first kappa shape index (κ1) is 12.7. The number of nitrogens with two attached hydrogens (primary N) is 1. The monoisotopic (exact) mass is 256 g/mol. The number of halogens is 1. The lowest BCUT2D eigenvalue weighted by atomic mass is 10.1. The van der Waals surface area contributed by atoms with E-state index in [0.717, 1.165) is 18.7 Å². The van der Waals surface area contributed by atoms with Gasteiger partial charge in [0.1, 0.15) is 5.82 Å². The number of benzene rings is 1. The fourth-order valence-corrected chi connectivity index (χ4v) is 3.08. The molecule has 0 radical (unpaired) electrons. The van der Waals surface area contributed by atoms with E-state index < -0.39 is 10.8 Å². The molecule has 0 spiro atoms. The summed E-state index contributed by atoms with van der Waals surface area (Å²) in [6, 6.07) is 5.00. The first-order chi connectivity index (χ1) is 8.19. The minimum atomic E-state index is -0.686. The first-order valence-electron chi connectivity index (χ1n) is 5.74. The molecule has 1 aromatic rings. The van der Waals surface area contributed by atoms with Crippen LogP contribution in [0.5, 0.6) is 0 Å². The van der Waals surface area contributed by atoms with Gasteiger partial charge >= 0.3 is 0 Å². The van der Waals surface area contributed by atoms with E-state index in [4.69, 9.17) is 5.73 Å². The standard InChI is InChI=1S/C12H17FN2OS/c13-12-2-1-10(8-14)7-11(12)9-15-3-5-17(16)6-4-15/h1-2,7H,3-6,8-9,14H2. The summed E-state index contributed by atoms with van der Waals surface area (Å²) in [5.41, 5.74) is 7.17. The summed E-state index contributed by atoms with van der Waals surface area (Å²) < 4.78 is 24.8. The van der Waals surface area contributed by atoms with E-state index in [1.165, 1.54) is 6.07 Å². The van der Waals surface area contributed by atoms with Crippen molar-refractivity contribution in [3.05, 3.63) is 35.1 Å². The van der Waals surface area contributed by atoms with Crippen molar-refractivity contribution in [1.29, 1.82) is 0 Å². The fraction of sp³-hybridized carbons (Fsp3) is 0.500. The van der Waals surface area contributed by atoms with Crippen molar-refractivity contribution in [3.63, 3.8) is 0 Å². The molecule has 0 saturated carbocycles. The molecule has 1 saturated heterocycles. The predicted octanol–water partition coefficient (Wildman–Crippen LogP) is 0.849. The van der Waals surface area contributed by atoms with Crippen molar-refractivity contribution >= 4 is 10.8 Å². The van der Waals surface area contributed by atoms with Gasteiger partial charge in [0.25, 0.3) is 0 Å². The summed E-state index contributed by atoms with van der Waals surface area (Å²) in [4.78, 5) is 2.14. The van der Waals surface area contributed by atoms with Crippen molar-refractivity contribution in [2.24, 2.45) is 5.73 Å². The van der Waals surface area contributed by atoms with E-state index in [-0.39, 0.29) is 5.82 Å². The van der Waals surface area contributed by atoms with Gasteiger partial charge < -0.3 is 5.73 Å². The van der Waals surface area contributed by atoms with E-state index >= 15 is 0 Å². The van der Waals surface area contributed by atoms with Crippen LogP contribution < -0.4 is 5.73 Å². The van der Waals surface area contributed by atoms with Crippen LogP contribution in [0.2, 0.25) is 0 Å². The van der Waals surface area contributed by atoms with Crippen molar-refractivity contribution in [3.8, 4) is 0 Å². The van der Waals surface area contributed by atoms with Crippen molar-refractivity contribution in [1.82, 2.24) is 4.90 Å². The molecule has 0 aromatic heterocycles. The van der Waals surface area contributed by atoms with E-state index in [1.807, 2.05) is 6.07 Å². The average Bonchev–Trinajstić information content (AvgIpc) is 2.35. The molecule has 1 fully saturated rings. The number of hydrogen-bond donors (Lipinski definition) is 1. The highest BCUT2D eigenvalue weighted by Gasteiger charge is 2.16. The lowest BCUT2D eigenvalue weighted by Crippen LogP contribution is -2.37. The average molecular weight is 256 g/mol. The van der Waals surface area contributed by atoms with Crippen LogP contribution in [0.4, 0.5) is 4.39 Å². The zero-order chi connectivity index (χ0) is 12.3.